The number of nitrogens with zero attached hydrogens (tertiary/aromatic N) is 3. The molecule has 1 aliphatic heterocycles. The summed E-state index contributed by atoms with van der Waals surface area (Å²) in [6.45, 7) is 4.77. The molecule has 0 spiro atoms. The summed E-state index contributed by atoms with van der Waals surface area (Å²) < 4.78 is 0. The highest BCUT2D eigenvalue weighted by Crippen LogP contribution is 2.20. The number of aryl methyl sites for hydroxylation is 1. The number of hydrogen-bond donors (Lipinski definition) is 2. The molecule has 1 unspecified atom stereocenters. The zero-order valence-corrected chi connectivity index (χ0v) is 20.5. The standard InChI is InChI=1S/C23H31N5O.HI/c1-17-5-11-21(12-6-17)28-14-13-20(16-28)26-23(24-2)25-15-18-7-9-19(10-8-18)22(29)27(3)4;/h5-12,20H,13-16H2,1-4H3,(H2,24,25,26);1H. The molecule has 0 saturated carbocycles. The van der Waals surface area contributed by atoms with Crippen molar-refractivity contribution in [1.82, 2.24) is 15.5 Å². The second-order valence-electron chi connectivity index (χ2n) is 7.73. The van der Waals surface area contributed by atoms with E-state index in [1.807, 2.05) is 24.3 Å². The third kappa shape index (κ3) is 6.35. The minimum atomic E-state index is 0. The van der Waals surface area contributed by atoms with Crippen molar-refractivity contribution in [3.05, 3.63) is 65.2 Å². The average Bonchev–Trinajstić information content (AvgIpc) is 3.20. The van der Waals surface area contributed by atoms with Crippen LogP contribution in [-0.2, 0) is 6.54 Å². The number of guanidine groups is 1. The largest absolute Gasteiger partial charge is 0.369 e. The minimum Gasteiger partial charge on any atom is -0.369 e. The second-order valence-corrected chi connectivity index (χ2v) is 7.73. The fraction of sp³-hybridized carbons (Fsp3) is 0.391. The van der Waals surface area contributed by atoms with Crippen LogP contribution in [-0.4, -0.2) is 57.0 Å². The number of rotatable bonds is 5. The monoisotopic (exact) mass is 521 g/mol. The van der Waals surface area contributed by atoms with Gasteiger partial charge in [0.1, 0.15) is 0 Å². The Balaban J connectivity index is 0.00000320. The van der Waals surface area contributed by atoms with Gasteiger partial charge in [0, 0.05) is 58.1 Å². The van der Waals surface area contributed by atoms with Gasteiger partial charge in [0.05, 0.1) is 0 Å². The zero-order chi connectivity index (χ0) is 20.8. The number of benzene rings is 2. The molecule has 162 valence electrons. The van der Waals surface area contributed by atoms with Crippen LogP contribution in [0.2, 0.25) is 0 Å². The van der Waals surface area contributed by atoms with Gasteiger partial charge in [-0.2, -0.15) is 0 Å². The first kappa shape index (κ1) is 24.0. The van der Waals surface area contributed by atoms with Crippen molar-refractivity contribution in [2.45, 2.75) is 25.9 Å². The lowest BCUT2D eigenvalue weighted by molar-refractivity contribution is 0.0827. The van der Waals surface area contributed by atoms with Gasteiger partial charge < -0.3 is 20.4 Å². The van der Waals surface area contributed by atoms with E-state index < -0.39 is 0 Å². The molecule has 1 saturated heterocycles. The summed E-state index contributed by atoms with van der Waals surface area (Å²) >= 11 is 0. The van der Waals surface area contributed by atoms with E-state index >= 15 is 0 Å². The molecule has 0 radical (unpaired) electrons. The smallest absolute Gasteiger partial charge is 0.253 e. The van der Waals surface area contributed by atoms with Gasteiger partial charge in [-0.1, -0.05) is 29.8 Å². The Morgan fingerprint density at radius 3 is 2.40 bits per heavy atom. The fourth-order valence-electron chi connectivity index (χ4n) is 3.47. The molecule has 2 N–H and O–H groups in total. The van der Waals surface area contributed by atoms with Crippen LogP contribution in [0.25, 0.3) is 0 Å². The van der Waals surface area contributed by atoms with Gasteiger partial charge in [-0.25, -0.2) is 0 Å². The molecular weight excluding hydrogens is 489 g/mol. The van der Waals surface area contributed by atoms with Crippen LogP contribution < -0.4 is 15.5 Å². The van der Waals surface area contributed by atoms with Gasteiger partial charge in [0.25, 0.3) is 5.91 Å². The first-order valence-corrected chi connectivity index (χ1v) is 10.1. The van der Waals surface area contributed by atoms with Crippen LogP contribution in [0.1, 0.15) is 27.9 Å². The number of carbonyl (C=O) groups excluding carboxylic acids is 1. The number of hydrogen-bond acceptors (Lipinski definition) is 3. The number of halogens is 1. The molecule has 0 aliphatic carbocycles. The van der Waals surface area contributed by atoms with Crippen molar-refractivity contribution in [1.29, 1.82) is 0 Å². The number of aliphatic imine (C=N–C) groups is 1. The van der Waals surface area contributed by atoms with E-state index in [-0.39, 0.29) is 29.9 Å². The summed E-state index contributed by atoms with van der Waals surface area (Å²) in [5.41, 5.74) is 4.36. The van der Waals surface area contributed by atoms with Gasteiger partial charge in [-0.05, 0) is 43.2 Å². The van der Waals surface area contributed by atoms with Crippen molar-refractivity contribution in [2.24, 2.45) is 4.99 Å². The molecule has 1 heterocycles. The van der Waals surface area contributed by atoms with E-state index in [9.17, 15) is 4.79 Å². The Hall–Kier alpha value is -2.29. The molecule has 1 aliphatic rings. The molecule has 1 amide bonds. The molecule has 0 bridgehead atoms. The molecule has 2 aromatic rings. The zero-order valence-electron chi connectivity index (χ0n) is 18.2. The predicted molar refractivity (Wildman–Crippen MR) is 135 cm³/mol. The van der Waals surface area contributed by atoms with Crippen LogP contribution in [0.3, 0.4) is 0 Å². The number of carbonyl (C=O) groups is 1. The molecule has 0 aromatic heterocycles. The maximum Gasteiger partial charge on any atom is 0.253 e. The third-order valence-corrected chi connectivity index (χ3v) is 5.22. The number of amides is 1. The third-order valence-electron chi connectivity index (χ3n) is 5.22. The first-order valence-electron chi connectivity index (χ1n) is 10.1. The lowest BCUT2D eigenvalue weighted by atomic mass is 10.1. The molecule has 2 aromatic carbocycles. The molecule has 7 heteroatoms. The van der Waals surface area contributed by atoms with Gasteiger partial charge >= 0.3 is 0 Å². The Labute approximate surface area is 196 Å². The Kier molecular flexibility index (Phi) is 8.95. The van der Waals surface area contributed by atoms with Crippen LogP contribution in [0.5, 0.6) is 0 Å². The molecule has 1 fully saturated rings. The van der Waals surface area contributed by atoms with Gasteiger partial charge in [-0.3, -0.25) is 9.79 Å². The summed E-state index contributed by atoms with van der Waals surface area (Å²) in [6, 6.07) is 16.8. The minimum absolute atomic E-state index is 0. The van der Waals surface area contributed by atoms with Gasteiger partial charge in [0.2, 0.25) is 0 Å². The van der Waals surface area contributed by atoms with Crippen molar-refractivity contribution in [3.63, 3.8) is 0 Å². The summed E-state index contributed by atoms with van der Waals surface area (Å²) in [7, 11) is 5.31. The summed E-state index contributed by atoms with van der Waals surface area (Å²) in [6.07, 6.45) is 1.08. The summed E-state index contributed by atoms with van der Waals surface area (Å²) in [4.78, 5) is 20.3. The lowest BCUT2D eigenvalue weighted by Gasteiger charge is -2.20. The number of nitrogens with one attached hydrogen (secondary N) is 2. The maximum atomic E-state index is 12.0. The summed E-state index contributed by atoms with van der Waals surface area (Å²) in [5.74, 6) is 0.815. The van der Waals surface area contributed by atoms with Gasteiger partial charge in [0.15, 0.2) is 5.96 Å². The van der Waals surface area contributed by atoms with Crippen molar-refractivity contribution in [2.75, 3.05) is 39.1 Å². The molecule has 30 heavy (non-hydrogen) atoms. The Morgan fingerprint density at radius 2 is 1.80 bits per heavy atom. The highest BCUT2D eigenvalue weighted by atomic mass is 127. The van der Waals surface area contributed by atoms with E-state index in [0.717, 1.165) is 31.0 Å². The molecule has 1 atom stereocenters. The Bertz CT molecular complexity index is 849. The first-order chi connectivity index (χ1) is 14.0. The van der Waals surface area contributed by atoms with E-state index in [1.54, 1.807) is 26.0 Å². The van der Waals surface area contributed by atoms with Crippen LogP contribution >= 0.6 is 24.0 Å². The predicted octanol–water partition coefficient (Wildman–Crippen LogP) is 3.26. The fourth-order valence-corrected chi connectivity index (χ4v) is 3.47. The van der Waals surface area contributed by atoms with E-state index in [4.69, 9.17) is 0 Å². The highest BCUT2D eigenvalue weighted by molar-refractivity contribution is 14.0. The topological polar surface area (TPSA) is 60.0 Å². The van der Waals surface area contributed by atoms with Crippen LogP contribution in [0.15, 0.2) is 53.5 Å². The molecule has 6 nitrogen and oxygen atoms in total. The van der Waals surface area contributed by atoms with Crippen LogP contribution in [0, 0.1) is 6.92 Å². The van der Waals surface area contributed by atoms with Gasteiger partial charge in [-0.15, -0.1) is 24.0 Å². The highest BCUT2D eigenvalue weighted by Gasteiger charge is 2.23. The average molecular weight is 521 g/mol. The van der Waals surface area contributed by atoms with E-state index in [0.29, 0.717) is 18.2 Å². The van der Waals surface area contributed by atoms with Crippen molar-refractivity contribution < 1.29 is 4.79 Å². The quantitative estimate of drug-likeness (QED) is 0.361. The lowest BCUT2D eigenvalue weighted by Crippen LogP contribution is -2.44. The second kappa shape index (κ2) is 11.2. The molecule has 3 rings (SSSR count). The SMILES string of the molecule is CN=C(NCc1ccc(C(=O)N(C)C)cc1)NC1CCN(c2ccc(C)cc2)C1.I. The van der Waals surface area contributed by atoms with E-state index in [1.165, 1.54) is 11.3 Å². The van der Waals surface area contributed by atoms with Crippen molar-refractivity contribution >= 4 is 41.5 Å². The molecular formula is C23H32IN5O. The van der Waals surface area contributed by atoms with Crippen molar-refractivity contribution in [3.8, 4) is 0 Å². The maximum absolute atomic E-state index is 12.0. The Morgan fingerprint density at radius 1 is 1.13 bits per heavy atom. The van der Waals surface area contributed by atoms with Crippen LogP contribution in [0.4, 0.5) is 5.69 Å². The number of anilines is 1. The summed E-state index contributed by atoms with van der Waals surface area (Å²) in [5, 5.41) is 6.90. The normalized spacial score (nSPS) is 16.1. The van der Waals surface area contributed by atoms with E-state index in [2.05, 4.69) is 51.7 Å².